The number of amides is 2. The summed E-state index contributed by atoms with van der Waals surface area (Å²) in [6, 6.07) is 0. The number of nitrogens with zero attached hydrogens (tertiary/aromatic N) is 2. The van der Waals surface area contributed by atoms with Crippen molar-refractivity contribution in [1.29, 1.82) is 0 Å². The molecule has 3 rings (SSSR count). The highest BCUT2D eigenvalue weighted by Gasteiger charge is 2.36. The third-order valence-electron chi connectivity index (χ3n) is 5.98. The van der Waals surface area contributed by atoms with Crippen LogP contribution in [0.2, 0.25) is 0 Å². The zero-order valence-corrected chi connectivity index (χ0v) is 23.3. The summed E-state index contributed by atoms with van der Waals surface area (Å²) in [6.45, 7) is 9.57. The zero-order chi connectivity index (χ0) is 29.3. The molecule has 1 aromatic carbocycles. The van der Waals surface area contributed by atoms with Gasteiger partial charge in [0.25, 0.3) is 0 Å². The van der Waals surface area contributed by atoms with Crippen LogP contribution in [0.5, 0.6) is 0 Å². The van der Waals surface area contributed by atoms with Crippen molar-refractivity contribution in [2.75, 3.05) is 20.2 Å². The van der Waals surface area contributed by atoms with Gasteiger partial charge < -0.3 is 24.8 Å². The van der Waals surface area contributed by atoms with Crippen LogP contribution in [-0.4, -0.2) is 58.7 Å². The Labute approximate surface area is 224 Å². The van der Waals surface area contributed by atoms with Gasteiger partial charge in [-0.05, 0) is 65.5 Å². The predicted octanol–water partition coefficient (Wildman–Crippen LogP) is 3.02. The van der Waals surface area contributed by atoms with E-state index in [0.717, 1.165) is 9.13 Å². The van der Waals surface area contributed by atoms with Gasteiger partial charge in [-0.25, -0.2) is 23.2 Å². The fourth-order valence-corrected chi connectivity index (χ4v) is 4.50. The first-order valence-corrected chi connectivity index (χ1v) is 12.7. The van der Waals surface area contributed by atoms with E-state index >= 15 is 8.78 Å². The van der Waals surface area contributed by atoms with E-state index in [1.807, 2.05) is 0 Å². The molecule has 0 saturated carbocycles. The molecular weight excluding hydrogens is 518 g/mol. The summed E-state index contributed by atoms with van der Waals surface area (Å²) in [5.74, 6) is -2.98. The number of methoxy groups -OCH3 is 1. The molecule has 2 amide bonds. The van der Waals surface area contributed by atoms with Crippen LogP contribution in [0.3, 0.4) is 0 Å². The Balaban J connectivity index is 1.98. The van der Waals surface area contributed by atoms with Crippen LogP contribution in [0.1, 0.15) is 52.7 Å². The highest BCUT2D eigenvalue weighted by molar-refractivity contribution is 5.82. The smallest absolute Gasteiger partial charge is 0.407 e. The molecule has 1 aliphatic carbocycles. The normalized spacial score (nSPS) is 13.8. The Morgan fingerprint density at radius 2 is 1.21 bits per heavy atom. The molecule has 2 N–H and O–H groups in total. The Morgan fingerprint density at radius 1 is 0.821 bits per heavy atom. The lowest BCUT2D eigenvalue weighted by Gasteiger charge is -2.19. The maximum absolute atomic E-state index is 15.9. The van der Waals surface area contributed by atoms with E-state index in [-0.39, 0.29) is 61.2 Å². The molecule has 1 heterocycles. The van der Waals surface area contributed by atoms with E-state index in [9.17, 15) is 19.2 Å². The van der Waals surface area contributed by atoms with Crippen LogP contribution in [-0.2, 0) is 44.9 Å². The average molecular weight is 555 g/mol. The predicted molar refractivity (Wildman–Crippen MR) is 138 cm³/mol. The number of halogens is 2. The lowest BCUT2D eigenvalue weighted by atomic mass is 10.1. The van der Waals surface area contributed by atoms with Gasteiger partial charge in [-0.2, -0.15) is 0 Å². The van der Waals surface area contributed by atoms with Crippen LogP contribution in [0.25, 0.3) is 11.0 Å². The van der Waals surface area contributed by atoms with Gasteiger partial charge in [-0.15, -0.1) is 0 Å². The van der Waals surface area contributed by atoms with E-state index in [1.165, 1.54) is 7.11 Å². The van der Waals surface area contributed by atoms with Crippen molar-refractivity contribution in [3.63, 3.8) is 0 Å². The number of fused-ring (bicyclic) bond motifs is 2. The quantitative estimate of drug-likeness (QED) is 0.398. The fourth-order valence-electron chi connectivity index (χ4n) is 4.50. The van der Waals surface area contributed by atoms with Gasteiger partial charge >= 0.3 is 23.8 Å². The maximum Gasteiger partial charge on any atom is 0.407 e. The molecule has 2 aromatic rings. The lowest BCUT2D eigenvalue weighted by Crippen LogP contribution is -2.37. The Hall–Kier alpha value is -3.64. The molecule has 0 atom stereocenters. The number of rotatable bonds is 7. The molecule has 0 spiro atoms. The summed E-state index contributed by atoms with van der Waals surface area (Å²) in [7, 11) is 1.20. The van der Waals surface area contributed by atoms with Gasteiger partial charge in [0, 0.05) is 26.2 Å². The van der Waals surface area contributed by atoms with Crippen molar-refractivity contribution >= 4 is 29.2 Å². The molecule has 0 unspecified atom stereocenters. The Bertz CT molecular complexity index is 1250. The molecule has 11 nitrogen and oxygen atoms in total. The van der Waals surface area contributed by atoms with E-state index < -0.39 is 52.6 Å². The van der Waals surface area contributed by atoms with Gasteiger partial charge in [0.05, 0.1) is 13.0 Å². The summed E-state index contributed by atoms with van der Waals surface area (Å²) in [5, 5.41) is 5.01. The van der Waals surface area contributed by atoms with Gasteiger partial charge in [0.15, 0.2) is 11.6 Å². The molecular formula is C26H36F2N4O7. The Morgan fingerprint density at radius 3 is 1.54 bits per heavy atom. The topological polar surface area (TPSA) is 130 Å². The van der Waals surface area contributed by atoms with Crippen LogP contribution >= 0.6 is 0 Å². The standard InChI is InChI=1S/C26H36F2N4O7/c1-25(2,3)38-22(34)29-8-10-31-19-17(27)15-12-14(21(33)37-7)13-16(15)18(28)20(19)32(24(31)36)11-9-30-23(35)39-26(4,5)6/h14H,8-13H2,1-7H3,(H,29,34)(H,30,35). The SMILES string of the molecule is COC(=O)C1Cc2c(c(F)c3c(c2F)n(CCNC(=O)OC(C)(C)C)c(=O)n3CCNC(=O)OC(C)(C)C)C1. The van der Waals surface area contributed by atoms with E-state index in [1.54, 1.807) is 41.5 Å². The molecule has 0 fully saturated rings. The van der Waals surface area contributed by atoms with Crippen LogP contribution in [0.15, 0.2) is 4.79 Å². The van der Waals surface area contributed by atoms with Crippen molar-refractivity contribution in [2.45, 2.75) is 78.7 Å². The number of benzene rings is 1. The summed E-state index contributed by atoms with van der Waals surface area (Å²) in [4.78, 5) is 49.6. The van der Waals surface area contributed by atoms with Crippen molar-refractivity contribution in [3.8, 4) is 0 Å². The summed E-state index contributed by atoms with van der Waals surface area (Å²) in [6.07, 6.45) is -1.60. The fraction of sp³-hybridized carbons (Fsp3) is 0.615. The van der Waals surface area contributed by atoms with Crippen LogP contribution in [0.4, 0.5) is 18.4 Å². The summed E-state index contributed by atoms with van der Waals surface area (Å²) in [5.41, 5.74) is -2.78. The van der Waals surface area contributed by atoms with Crippen molar-refractivity contribution in [3.05, 3.63) is 33.2 Å². The number of carbonyl (C=O) groups is 3. The number of imidazole rings is 1. The Kier molecular flexibility index (Phi) is 8.61. The van der Waals surface area contributed by atoms with E-state index in [2.05, 4.69) is 10.6 Å². The largest absolute Gasteiger partial charge is 0.469 e. The van der Waals surface area contributed by atoms with Gasteiger partial charge in [-0.1, -0.05) is 0 Å². The third kappa shape index (κ3) is 6.87. The number of carbonyl (C=O) groups excluding carboxylic acids is 3. The molecule has 13 heteroatoms. The second-order valence-electron chi connectivity index (χ2n) is 11.4. The highest BCUT2D eigenvalue weighted by atomic mass is 19.1. The average Bonchev–Trinajstić information content (AvgIpc) is 3.36. The van der Waals surface area contributed by atoms with Crippen LogP contribution < -0.4 is 16.3 Å². The number of alkyl carbamates (subject to hydrolysis) is 2. The van der Waals surface area contributed by atoms with Gasteiger partial charge in [0.1, 0.15) is 22.2 Å². The van der Waals surface area contributed by atoms with Crippen molar-refractivity contribution in [1.82, 2.24) is 19.8 Å². The minimum absolute atomic E-state index is 0.00767. The summed E-state index contributed by atoms with van der Waals surface area (Å²) < 4.78 is 49.0. The molecule has 216 valence electrons. The number of nitrogens with one attached hydrogen (secondary N) is 2. The minimum Gasteiger partial charge on any atom is -0.469 e. The minimum atomic E-state index is -0.818. The number of ether oxygens (including phenoxy) is 3. The summed E-state index contributed by atoms with van der Waals surface area (Å²) >= 11 is 0. The molecule has 0 saturated heterocycles. The van der Waals surface area contributed by atoms with Gasteiger partial charge in [0.2, 0.25) is 0 Å². The first kappa shape index (κ1) is 29.9. The molecule has 0 radical (unpaired) electrons. The monoisotopic (exact) mass is 554 g/mol. The third-order valence-corrected chi connectivity index (χ3v) is 5.98. The van der Waals surface area contributed by atoms with Crippen molar-refractivity contribution in [2.24, 2.45) is 5.92 Å². The molecule has 0 aliphatic heterocycles. The van der Waals surface area contributed by atoms with Crippen molar-refractivity contribution < 1.29 is 37.4 Å². The van der Waals surface area contributed by atoms with E-state index in [4.69, 9.17) is 14.2 Å². The van der Waals surface area contributed by atoms with E-state index in [0.29, 0.717) is 0 Å². The second-order valence-corrected chi connectivity index (χ2v) is 11.4. The molecule has 1 aromatic heterocycles. The highest BCUT2D eigenvalue weighted by Crippen LogP contribution is 2.36. The lowest BCUT2D eigenvalue weighted by molar-refractivity contribution is -0.145. The molecule has 1 aliphatic rings. The first-order chi connectivity index (χ1) is 18.0. The maximum atomic E-state index is 15.9. The molecule has 0 bridgehead atoms. The number of esters is 1. The number of aromatic nitrogens is 2. The zero-order valence-electron chi connectivity index (χ0n) is 23.3. The first-order valence-electron chi connectivity index (χ1n) is 12.7. The number of hydrogen-bond donors (Lipinski definition) is 2. The number of hydrogen-bond acceptors (Lipinski definition) is 7. The van der Waals surface area contributed by atoms with Gasteiger partial charge in [-0.3, -0.25) is 13.9 Å². The molecule has 39 heavy (non-hydrogen) atoms. The van der Waals surface area contributed by atoms with Crippen LogP contribution in [0, 0.1) is 17.6 Å². The second kappa shape index (κ2) is 11.2.